The van der Waals surface area contributed by atoms with Crippen LogP contribution in [-0.4, -0.2) is 28.2 Å². The fourth-order valence-electron chi connectivity index (χ4n) is 1.91. The zero-order valence-electron chi connectivity index (χ0n) is 10.2. The number of sulfonamides is 1. The number of nitrogens with one attached hydrogen (secondary N) is 1. The second kappa shape index (κ2) is 5.94. The van der Waals surface area contributed by atoms with Crippen molar-refractivity contribution >= 4 is 10.0 Å². The van der Waals surface area contributed by atoms with Crippen molar-refractivity contribution in [2.45, 2.75) is 17.7 Å². The molecular weight excluding hydrogens is 276 g/mol. The SMILES string of the molecule is O=S(=O)(NCC1CCOCC1)c1ccc(F)c(F)c1. The predicted molar refractivity (Wildman–Crippen MR) is 65.1 cm³/mol. The number of ether oxygens (including phenoxy) is 1. The second-order valence-electron chi connectivity index (χ2n) is 4.48. The Labute approximate surface area is 110 Å². The molecule has 2 rings (SSSR count). The third-order valence-corrected chi connectivity index (χ3v) is 4.53. The van der Waals surface area contributed by atoms with Gasteiger partial charge in [0.2, 0.25) is 10.0 Å². The molecule has 1 aromatic rings. The Kier molecular flexibility index (Phi) is 4.49. The van der Waals surface area contributed by atoms with E-state index in [2.05, 4.69) is 4.72 Å². The van der Waals surface area contributed by atoms with Crippen LogP contribution in [0.25, 0.3) is 0 Å². The molecule has 1 aliphatic rings. The molecule has 1 fully saturated rings. The topological polar surface area (TPSA) is 55.4 Å². The van der Waals surface area contributed by atoms with E-state index in [-0.39, 0.29) is 17.4 Å². The van der Waals surface area contributed by atoms with E-state index in [0.29, 0.717) is 19.3 Å². The summed E-state index contributed by atoms with van der Waals surface area (Å²) in [4.78, 5) is -0.265. The predicted octanol–water partition coefficient (Wildman–Crippen LogP) is 1.67. The maximum atomic E-state index is 13.0. The molecule has 1 aliphatic heterocycles. The van der Waals surface area contributed by atoms with E-state index in [1.807, 2.05) is 0 Å². The van der Waals surface area contributed by atoms with Gasteiger partial charge in [-0.05, 0) is 37.0 Å². The van der Waals surface area contributed by atoms with E-state index in [9.17, 15) is 17.2 Å². The summed E-state index contributed by atoms with van der Waals surface area (Å²) in [6, 6.07) is 2.53. The van der Waals surface area contributed by atoms with Crippen LogP contribution in [0.15, 0.2) is 23.1 Å². The van der Waals surface area contributed by atoms with Crippen LogP contribution >= 0.6 is 0 Å². The molecule has 1 aromatic carbocycles. The second-order valence-corrected chi connectivity index (χ2v) is 6.25. The summed E-state index contributed by atoms with van der Waals surface area (Å²) in [6.45, 7) is 1.53. The van der Waals surface area contributed by atoms with Gasteiger partial charge >= 0.3 is 0 Å². The number of halogens is 2. The Morgan fingerprint density at radius 1 is 1.21 bits per heavy atom. The van der Waals surface area contributed by atoms with Crippen LogP contribution in [0.4, 0.5) is 8.78 Å². The van der Waals surface area contributed by atoms with Crippen LogP contribution in [0.3, 0.4) is 0 Å². The zero-order chi connectivity index (χ0) is 13.9. The number of benzene rings is 1. The van der Waals surface area contributed by atoms with Gasteiger partial charge in [0.1, 0.15) is 0 Å². The fraction of sp³-hybridized carbons (Fsp3) is 0.500. The maximum Gasteiger partial charge on any atom is 0.240 e. The molecule has 0 aliphatic carbocycles. The van der Waals surface area contributed by atoms with Crippen molar-refractivity contribution in [3.63, 3.8) is 0 Å². The summed E-state index contributed by atoms with van der Waals surface area (Å²) in [7, 11) is -3.80. The van der Waals surface area contributed by atoms with Gasteiger partial charge in [0, 0.05) is 19.8 Å². The highest BCUT2D eigenvalue weighted by Gasteiger charge is 2.20. The molecule has 1 heterocycles. The van der Waals surface area contributed by atoms with Gasteiger partial charge in [0.25, 0.3) is 0 Å². The van der Waals surface area contributed by atoms with Crippen LogP contribution < -0.4 is 4.72 Å². The van der Waals surface area contributed by atoms with E-state index < -0.39 is 21.7 Å². The third kappa shape index (κ3) is 3.71. The highest BCUT2D eigenvalue weighted by Crippen LogP contribution is 2.16. The van der Waals surface area contributed by atoms with Gasteiger partial charge in [-0.2, -0.15) is 0 Å². The Hall–Kier alpha value is -1.05. The van der Waals surface area contributed by atoms with Gasteiger partial charge in [0.05, 0.1) is 4.90 Å². The number of hydrogen-bond acceptors (Lipinski definition) is 3. The average molecular weight is 291 g/mol. The molecule has 1 saturated heterocycles. The fourth-order valence-corrected chi connectivity index (χ4v) is 3.03. The van der Waals surface area contributed by atoms with Gasteiger partial charge in [-0.25, -0.2) is 21.9 Å². The Balaban J connectivity index is 2.02. The normalized spacial score (nSPS) is 17.6. The van der Waals surface area contributed by atoms with Gasteiger partial charge in [-0.15, -0.1) is 0 Å². The van der Waals surface area contributed by atoms with Crippen LogP contribution in [0, 0.1) is 17.6 Å². The van der Waals surface area contributed by atoms with Crippen LogP contribution in [-0.2, 0) is 14.8 Å². The molecule has 0 atom stereocenters. The van der Waals surface area contributed by atoms with Crippen molar-refractivity contribution in [3.8, 4) is 0 Å². The summed E-state index contributed by atoms with van der Waals surface area (Å²) in [5.41, 5.74) is 0. The Bertz CT molecular complexity index is 542. The lowest BCUT2D eigenvalue weighted by Gasteiger charge is -2.22. The van der Waals surface area contributed by atoms with Crippen LogP contribution in [0.2, 0.25) is 0 Å². The molecular formula is C12H15F2NO3S. The van der Waals surface area contributed by atoms with Crippen LogP contribution in [0.5, 0.6) is 0 Å². The third-order valence-electron chi connectivity index (χ3n) is 3.10. The van der Waals surface area contributed by atoms with Crippen molar-refractivity contribution in [1.82, 2.24) is 4.72 Å². The highest BCUT2D eigenvalue weighted by molar-refractivity contribution is 7.89. The quantitative estimate of drug-likeness (QED) is 0.918. The van der Waals surface area contributed by atoms with E-state index in [1.54, 1.807) is 0 Å². The molecule has 0 saturated carbocycles. The molecule has 7 heteroatoms. The lowest BCUT2D eigenvalue weighted by molar-refractivity contribution is 0.0678. The Morgan fingerprint density at radius 3 is 2.53 bits per heavy atom. The summed E-state index contributed by atoms with van der Waals surface area (Å²) >= 11 is 0. The zero-order valence-corrected chi connectivity index (χ0v) is 11.1. The van der Waals surface area contributed by atoms with Crippen molar-refractivity contribution in [2.24, 2.45) is 5.92 Å². The first kappa shape index (κ1) is 14.4. The minimum Gasteiger partial charge on any atom is -0.381 e. The van der Waals surface area contributed by atoms with Gasteiger partial charge < -0.3 is 4.74 Å². The monoisotopic (exact) mass is 291 g/mol. The molecule has 4 nitrogen and oxygen atoms in total. The first-order valence-electron chi connectivity index (χ1n) is 6.01. The van der Waals surface area contributed by atoms with Gasteiger partial charge in [0.15, 0.2) is 11.6 Å². The standard InChI is InChI=1S/C12H15F2NO3S/c13-11-2-1-10(7-12(11)14)19(16,17)15-8-9-3-5-18-6-4-9/h1-2,7,9,15H,3-6,8H2. The Morgan fingerprint density at radius 2 is 1.89 bits per heavy atom. The molecule has 106 valence electrons. The van der Waals surface area contributed by atoms with E-state index in [0.717, 1.165) is 25.0 Å². The molecule has 0 bridgehead atoms. The minimum absolute atomic E-state index is 0.217. The summed E-state index contributed by atoms with van der Waals surface area (Å²) in [5, 5.41) is 0. The lowest BCUT2D eigenvalue weighted by atomic mass is 10.0. The number of hydrogen-bond donors (Lipinski definition) is 1. The van der Waals surface area contributed by atoms with E-state index in [4.69, 9.17) is 4.74 Å². The highest BCUT2D eigenvalue weighted by atomic mass is 32.2. The summed E-state index contributed by atoms with van der Waals surface area (Å²) in [5.74, 6) is -2.02. The number of rotatable bonds is 4. The molecule has 0 unspecified atom stereocenters. The molecule has 0 aromatic heterocycles. The maximum absolute atomic E-state index is 13.0. The van der Waals surface area contributed by atoms with Gasteiger partial charge in [-0.3, -0.25) is 0 Å². The molecule has 0 spiro atoms. The minimum atomic E-state index is -3.80. The smallest absolute Gasteiger partial charge is 0.240 e. The lowest BCUT2D eigenvalue weighted by Crippen LogP contribution is -2.32. The first-order valence-corrected chi connectivity index (χ1v) is 7.50. The van der Waals surface area contributed by atoms with Crippen LogP contribution in [0.1, 0.15) is 12.8 Å². The molecule has 0 radical (unpaired) electrons. The van der Waals surface area contributed by atoms with E-state index in [1.165, 1.54) is 0 Å². The molecule has 0 amide bonds. The van der Waals surface area contributed by atoms with Gasteiger partial charge in [-0.1, -0.05) is 0 Å². The van der Waals surface area contributed by atoms with Crippen molar-refractivity contribution in [1.29, 1.82) is 0 Å². The average Bonchev–Trinajstić information content (AvgIpc) is 2.41. The largest absolute Gasteiger partial charge is 0.381 e. The van der Waals surface area contributed by atoms with Crippen molar-refractivity contribution in [2.75, 3.05) is 19.8 Å². The van der Waals surface area contributed by atoms with Crippen molar-refractivity contribution < 1.29 is 21.9 Å². The van der Waals surface area contributed by atoms with E-state index >= 15 is 0 Å². The van der Waals surface area contributed by atoms with Crippen molar-refractivity contribution in [3.05, 3.63) is 29.8 Å². The summed E-state index contributed by atoms with van der Waals surface area (Å²) in [6.07, 6.45) is 1.58. The molecule has 19 heavy (non-hydrogen) atoms. The summed E-state index contributed by atoms with van der Waals surface area (Å²) < 4.78 is 57.2. The molecule has 1 N–H and O–H groups in total. The first-order chi connectivity index (χ1) is 8.99.